The molecule has 12 heteroatoms. The van der Waals surface area contributed by atoms with Gasteiger partial charge in [-0.1, -0.05) is 56.3 Å². The van der Waals surface area contributed by atoms with Crippen molar-refractivity contribution in [3.63, 3.8) is 0 Å². The van der Waals surface area contributed by atoms with Crippen LogP contribution in [0.5, 0.6) is 0 Å². The Labute approximate surface area is 236 Å². The number of carbonyl (C=O) groups is 1. The first-order valence-corrected chi connectivity index (χ1v) is 15.1. The van der Waals surface area contributed by atoms with E-state index >= 15 is 0 Å². The van der Waals surface area contributed by atoms with E-state index in [4.69, 9.17) is 14.2 Å². The number of esters is 1. The van der Waals surface area contributed by atoms with E-state index in [2.05, 4.69) is 0 Å². The summed E-state index contributed by atoms with van der Waals surface area (Å²) < 4.78 is 45.3. The van der Waals surface area contributed by atoms with Crippen LogP contribution >= 0.6 is 0 Å². The van der Waals surface area contributed by atoms with Gasteiger partial charge in [0.15, 0.2) is 6.29 Å². The molecular formula is C28H38BNO9S. The quantitative estimate of drug-likeness (QED) is 0.235. The van der Waals surface area contributed by atoms with Crippen molar-refractivity contribution in [1.29, 1.82) is 0 Å². The molecule has 0 saturated carbocycles. The minimum atomic E-state index is -4.03. The van der Waals surface area contributed by atoms with Gasteiger partial charge >= 0.3 is 13.1 Å². The van der Waals surface area contributed by atoms with E-state index in [9.17, 15) is 28.4 Å². The predicted octanol–water partition coefficient (Wildman–Crippen LogP) is 0.928. The third kappa shape index (κ3) is 7.70. The molecule has 5 atom stereocenters. The zero-order chi connectivity index (χ0) is 28.9. The zero-order valence-corrected chi connectivity index (χ0v) is 23.7. The first-order chi connectivity index (χ1) is 19.0. The summed E-state index contributed by atoms with van der Waals surface area (Å²) in [5.41, 5.74) is 1.07. The van der Waals surface area contributed by atoms with Crippen molar-refractivity contribution in [3.8, 4) is 0 Å². The van der Waals surface area contributed by atoms with Gasteiger partial charge in [0, 0.05) is 19.0 Å². The Balaban J connectivity index is 1.51. The Morgan fingerprint density at radius 2 is 1.77 bits per heavy atom. The van der Waals surface area contributed by atoms with Gasteiger partial charge in [-0.15, -0.1) is 0 Å². The number of nitrogens with zero attached hydrogens (tertiary/aromatic N) is 1. The number of ether oxygens (including phenoxy) is 3. The summed E-state index contributed by atoms with van der Waals surface area (Å²) in [6, 6.07) is 14.7. The van der Waals surface area contributed by atoms with Crippen molar-refractivity contribution in [2.45, 2.75) is 56.5 Å². The number of hydrogen-bond acceptors (Lipinski definition) is 9. The molecule has 2 saturated heterocycles. The summed E-state index contributed by atoms with van der Waals surface area (Å²) in [4.78, 5) is 13.0. The van der Waals surface area contributed by atoms with Crippen molar-refractivity contribution in [2.75, 3.05) is 26.3 Å². The van der Waals surface area contributed by atoms with E-state index in [1.54, 1.807) is 0 Å². The van der Waals surface area contributed by atoms with Crippen LogP contribution in [0.2, 0.25) is 0 Å². The van der Waals surface area contributed by atoms with Gasteiger partial charge in [0.25, 0.3) is 0 Å². The van der Waals surface area contributed by atoms with E-state index in [-0.39, 0.29) is 54.6 Å². The molecule has 0 bridgehead atoms. The first-order valence-electron chi connectivity index (χ1n) is 13.7. The number of carbonyl (C=O) groups excluding carboxylic acids is 1. The molecule has 218 valence electrons. The van der Waals surface area contributed by atoms with Crippen molar-refractivity contribution >= 4 is 28.6 Å². The molecule has 0 aromatic heterocycles. The van der Waals surface area contributed by atoms with Crippen LogP contribution in [-0.2, 0) is 35.4 Å². The van der Waals surface area contributed by atoms with E-state index in [0.717, 1.165) is 12.0 Å². The normalized spacial score (nSPS) is 22.3. The Kier molecular flexibility index (Phi) is 10.4. The fourth-order valence-corrected chi connectivity index (χ4v) is 6.86. The van der Waals surface area contributed by atoms with Crippen LogP contribution in [0.15, 0.2) is 59.5 Å². The highest BCUT2D eigenvalue weighted by Crippen LogP contribution is 2.33. The second-order valence-corrected chi connectivity index (χ2v) is 12.9. The molecule has 2 heterocycles. The number of fused-ring (bicyclic) bond motifs is 1. The number of aliphatic hydroxyl groups excluding tert-OH is 1. The predicted molar refractivity (Wildman–Crippen MR) is 148 cm³/mol. The lowest BCUT2D eigenvalue weighted by Crippen LogP contribution is -2.43. The van der Waals surface area contributed by atoms with E-state index in [0.29, 0.717) is 13.0 Å². The molecule has 0 radical (unpaired) electrons. The highest BCUT2D eigenvalue weighted by atomic mass is 32.2. The molecular weight excluding hydrogens is 537 g/mol. The minimum Gasteiger partial charge on any atom is -0.459 e. The SMILES string of the molecule is CC(C)CN(C[C@@H](O)[C@@H](CC(=O)O[C@H]1CO[C@H]2OCC[C@H]21)Cc1ccccc1)S(=O)(=O)c1ccc(B(O)O)cc1. The molecule has 2 fully saturated rings. The molecule has 2 aliphatic rings. The summed E-state index contributed by atoms with van der Waals surface area (Å²) in [6.07, 6.45) is -0.919. The molecule has 40 heavy (non-hydrogen) atoms. The lowest BCUT2D eigenvalue weighted by Gasteiger charge is -2.30. The number of rotatable bonds is 13. The van der Waals surface area contributed by atoms with Crippen molar-refractivity contribution in [1.82, 2.24) is 4.31 Å². The van der Waals surface area contributed by atoms with Crippen molar-refractivity contribution in [3.05, 3.63) is 60.2 Å². The second kappa shape index (κ2) is 13.6. The summed E-state index contributed by atoms with van der Waals surface area (Å²) >= 11 is 0. The lowest BCUT2D eigenvalue weighted by molar-refractivity contribution is -0.153. The summed E-state index contributed by atoms with van der Waals surface area (Å²) in [5, 5.41) is 30.1. The standard InChI is InChI=1S/C28H38BNO9S/c1-19(2)16-30(40(35,36)23-10-8-22(9-11-23)29(33)34)17-25(31)21(14-20-6-4-3-5-7-20)15-27(32)39-26-18-38-28-24(26)12-13-37-28/h3-11,19,21,24-26,28,31,33-34H,12-18H2,1-2H3/t21-,24+,25-,26+,28-/m1/s1. The van der Waals surface area contributed by atoms with Crippen LogP contribution in [0.4, 0.5) is 0 Å². The fraction of sp³-hybridized carbons (Fsp3) is 0.536. The summed E-state index contributed by atoms with van der Waals surface area (Å²) in [7, 11) is -5.75. The fourth-order valence-electron chi connectivity index (χ4n) is 5.24. The maximum Gasteiger partial charge on any atom is 0.488 e. The smallest absolute Gasteiger partial charge is 0.459 e. The van der Waals surface area contributed by atoms with E-state index < -0.39 is 41.2 Å². The van der Waals surface area contributed by atoms with Crippen LogP contribution in [0.25, 0.3) is 0 Å². The highest BCUT2D eigenvalue weighted by molar-refractivity contribution is 7.89. The summed E-state index contributed by atoms with van der Waals surface area (Å²) in [6.45, 7) is 4.50. The van der Waals surface area contributed by atoms with Gasteiger partial charge in [-0.25, -0.2) is 8.42 Å². The van der Waals surface area contributed by atoms with Gasteiger partial charge in [0.2, 0.25) is 10.0 Å². The molecule has 4 rings (SSSR count). The maximum atomic E-state index is 13.6. The summed E-state index contributed by atoms with van der Waals surface area (Å²) in [5.74, 6) is -1.13. The monoisotopic (exact) mass is 575 g/mol. The molecule has 10 nitrogen and oxygen atoms in total. The van der Waals surface area contributed by atoms with Crippen LogP contribution in [0.1, 0.15) is 32.3 Å². The van der Waals surface area contributed by atoms with Gasteiger partial charge in [-0.2, -0.15) is 4.31 Å². The molecule has 0 unspecified atom stereocenters. The topological polar surface area (TPSA) is 143 Å². The van der Waals surface area contributed by atoms with Crippen molar-refractivity contribution < 1.29 is 42.6 Å². The third-order valence-electron chi connectivity index (χ3n) is 7.36. The number of benzene rings is 2. The molecule has 0 aliphatic carbocycles. The third-order valence-corrected chi connectivity index (χ3v) is 9.20. The largest absolute Gasteiger partial charge is 0.488 e. The van der Waals surface area contributed by atoms with Gasteiger partial charge < -0.3 is 29.4 Å². The van der Waals surface area contributed by atoms with Crippen LogP contribution in [-0.4, -0.2) is 85.8 Å². The van der Waals surface area contributed by atoms with Gasteiger partial charge in [0.1, 0.15) is 6.10 Å². The van der Waals surface area contributed by atoms with Crippen LogP contribution in [0, 0.1) is 17.8 Å². The number of hydrogen-bond donors (Lipinski definition) is 3. The molecule has 0 amide bonds. The average molecular weight is 575 g/mol. The minimum absolute atomic E-state index is 0.00791. The molecule has 2 aromatic rings. The molecule has 0 spiro atoms. The Morgan fingerprint density at radius 1 is 1.07 bits per heavy atom. The van der Waals surface area contributed by atoms with Gasteiger partial charge in [0.05, 0.1) is 36.6 Å². The Bertz CT molecular complexity index is 1210. The number of aliphatic hydroxyl groups is 1. The molecule has 3 N–H and O–H groups in total. The van der Waals surface area contributed by atoms with Gasteiger partial charge in [-0.3, -0.25) is 4.79 Å². The van der Waals surface area contributed by atoms with Gasteiger partial charge in [-0.05, 0) is 41.9 Å². The lowest BCUT2D eigenvalue weighted by atomic mass is 9.81. The second-order valence-electron chi connectivity index (χ2n) is 10.9. The average Bonchev–Trinajstić information content (AvgIpc) is 3.53. The van der Waals surface area contributed by atoms with E-state index in [1.807, 2.05) is 44.2 Å². The number of sulfonamides is 1. The van der Waals surface area contributed by atoms with Crippen molar-refractivity contribution in [2.24, 2.45) is 17.8 Å². The van der Waals surface area contributed by atoms with E-state index in [1.165, 1.54) is 28.6 Å². The van der Waals surface area contributed by atoms with Crippen LogP contribution < -0.4 is 5.46 Å². The maximum absolute atomic E-state index is 13.6. The highest BCUT2D eigenvalue weighted by Gasteiger charge is 2.44. The Hall–Kier alpha value is -2.32. The zero-order valence-electron chi connectivity index (χ0n) is 22.8. The molecule has 2 aromatic carbocycles. The van der Waals surface area contributed by atoms with Crippen LogP contribution in [0.3, 0.4) is 0 Å². The Morgan fingerprint density at radius 3 is 2.42 bits per heavy atom. The first kappa shape index (κ1) is 30.6. The molecule has 2 aliphatic heterocycles.